The highest BCUT2D eigenvalue weighted by Crippen LogP contribution is 2.20. The van der Waals surface area contributed by atoms with E-state index in [2.05, 4.69) is 29.3 Å². The van der Waals surface area contributed by atoms with Crippen LogP contribution < -0.4 is 0 Å². The van der Waals surface area contributed by atoms with Gasteiger partial charge in [-0.05, 0) is 30.4 Å². The molecule has 4 heteroatoms. The number of nitrogens with one attached hydrogen (secondary N) is 1. The number of hydrogen-bond acceptors (Lipinski definition) is 2. The minimum Gasteiger partial charge on any atom is -0.476 e. The number of rotatable bonds is 5. The molecular weight excluding hydrogens is 228 g/mol. The molecule has 1 heterocycles. The molecule has 0 bridgehead atoms. The van der Waals surface area contributed by atoms with Gasteiger partial charge in [0.2, 0.25) is 0 Å². The predicted molar refractivity (Wildman–Crippen MR) is 68.7 cm³/mol. The van der Waals surface area contributed by atoms with Crippen molar-refractivity contribution in [2.24, 2.45) is 0 Å². The van der Waals surface area contributed by atoms with Gasteiger partial charge >= 0.3 is 5.97 Å². The number of carbonyl (C=O) groups is 1. The Hall–Kier alpha value is -2.10. The molecule has 0 saturated carbocycles. The van der Waals surface area contributed by atoms with Crippen molar-refractivity contribution in [1.29, 1.82) is 0 Å². The number of carboxylic acids is 1. The molecule has 1 aromatic heterocycles. The third-order valence-electron chi connectivity index (χ3n) is 3.06. The number of H-pyrrole nitrogens is 1. The van der Waals surface area contributed by atoms with Crippen LogP contribution in [0.4, 0.5) is 0 Å². The molecule has 2 N–H and O–H groups in total. The van der Waals surface area contributed by atoms with E-state index in [1.165, 1.54) is 5.56 Å². The summed E-state index contributed by atoms with van der Waals surface area (Å²) in [5, 5.41) is 15.4. The third kappa shape index (κ3) is 2.97. The Morgan fingerprint density at radius 3 is 2.72 bits per heavy atom. The first-order chi connectivity index (χ1) is 8.66. The van der Waals surface area contributed by atoms with Crippen LogP contribution in [0.25, 0.3) is 0 Å². The summed E-state index contributed by atoms with van der Waals surface area (Å²) in [6.45, 7) is 2.07. The van der Waals surface area contributed by atoms with Crippen molar-refractivity contribution in [3.8, 4) is 0 Å². The quantitative estimate of drug-likeness (QED) is 0.849. The number of aromatic amines is 1. The second-order valence-corrected chi connectivity index (χ2v) is 4.44. The summed E-state index contributed by atoms with van der Waals surface area (Å²) in [7, 11) is 0. The maximum atomic E-state index is 10.7. The van der Waals surface area contributed by atoms with E-state index in [9.17, 15) is 4.79 Å². The smallest absolute Gasteiger partial charge is 0.356 e. The van der Waals surface area contributed by atoms with Crippen molar-refractivity contribution in [3.63, 3.8) is 0 Å². The highest BCUT2D eigenvalue weighted by Gasteiger charge is 2.13. The third-order valence-corrected chi connectivity index (χ3v) is 3.06. The van der Waals surface area contributed by atoms with Gasteiger partial charge in [-0.15, -0.1) is 0 Å². The molecule has 1 aromatic carbocycles. The maximum Gasteiger partial charge on any atom is 0.356 e. The molecule has 4 nitrogen and oxygen atoms in total. The van der Waals surface area contributed by atoms with E-state index in [1.807, 2.05) is 18.2 Å². The van der Waals surface area contributed by atoms with Gasteiger partial charge in [-0.3, -0.25) is 5.10 Å². The van der Waals surface area contributed by atoms with Crippen LogP contribution in [0.15, 0.2) is 36.4 Å². The zero-order chi connectivity index (χ0) is 13.0. The zero-order valence-corrected chi connectivity index (χ0v) is 10.3. The first-order valence-corrected chi connectivity index (χ1v) is 5.99. The molecule has 0 spiro atoms. The van der Waals surface area contributed by atoms with Gasteiger partial charge in [-0.25, -0.2) is 4.79 Å². The molecule has 0 aliphatic heterocycles. The van der Waals surface area contributed by atoms with Gasteiger partial charge in [-0.2, -0.15) is 5.10 Å². The first kappa shape index (κ1) is 12.4. The summed E-state index contributed by atoms with van der Waals surface area (Å²) < 4.78 is 0. The minimum atomic E-state index is -0.993. The zero-order valence-electron chi connectivity index (χ0n) is 10.3. The molecule has 1 atom stereocenters. The van der Waals surface area contributed by atoms with Crippen LogP contribution in [0, 0.1) is 0 Å². The lowest BCUT2D eigenvalue weighted by molar-refractivity contribution is 0.0690. The number of carboxylic acid groups (broad SMARTS) is 1. The average molecular weight is 244 g/mol. The van der Waals surface area contributed by atoms with Gasteiger partial charge in [0.1, 0.15) is 0 Å². The van der Waals surface area contributed by atoms with Gasteiger partial charge < -0.3 is 5.11 Å². The second-order valence-electron chi connectivity index (χ2n) is 4.44. The van der Waals surface area contributed by atoms with Crippen molar-refractivity contribution in [2.45, 2.75) is 25.7 Å². The normalized spacial score (nSPS) is 12.3. The number of aromatic nitrogens is 2. The van der Waals surface area contributed by atoms with Crippen molar-refractivity contribution in [2.75, 3.05) is 0 Å². The Labute approximate surface area is 106 Å². The lowest BCUT2D eigenvalue weighted by Gasteiger charge is -2.08. The van der Waals surface area contributed by atoms with Gasteiger partial charge in [0.25, 0.3) is 0 Å². The van der Waals surface area contributed by atoms with E-state index in [-0.39, 0.29) is 11.6 Å². The Morgan fingerprint density at radius 2 is 2.11 bits per heavy atom. The summed E-state index contributed by atoms with van der Waals surface area (Å²) in [6.07, 6.45) is 1.94. The minimum absolute atomic E-state index is 0.0801. The molecule has 2 aromatic rings. The van der Waals surface area contributed by atoms with Crippen molar-refractivity contribution >= 4 is 5.97 Å². The monoisotopic (exact) mass is 244 g/mol. The number of nitrogens with zero attached hydrogens (tertiary/aromatic N) is 1. The SMILES string of the molecule is CC(CCc1ccccc1)c1cc(C(=O)O)n[nH]1. The van der Waals surface area contributed by atoms with Crippen LogP contribution in [0.3, 0.4) is 0 Å². The summed E-state index contributed by atoms with van der Waals surface area (Å²) in [4.78, 5) is 10.7. The van der Waals surface area contributed by atoms with Gasteiger partial charge in [0.05, 0.1) is 0 Å². The highest BCUT2D eigenvalue weighted by atomic mass is 16.4. The molecule has 0 saturated heterocycles. The van der Waals surface area contributed by atoms with Crippen LogP contribution in [0.5, 0.6) is 0 Å². The van der Waals surface area contributed by atoms with Gasteiger partial charge in [0.15, 0.2) is 5.69 Å². The summed E-state index contributed by atoms with van der Waals surface area (Å²) in [5.41, 5.74) is 2.25. The number of benzene rings is 1. The van der Waals surface area contributed by atoms with E-state index in [1.54, 1.807) is 6.07 Å². The van der Waals surface area contributed by atoms with E-state index >= 15 is 0 Å². The van der Waals surface area contributed by atoms with Crippen LogP contribution in [0.1, 0.15) is 41.0 Å². The lowest BCUT2D eigenvalue weighted by Crippen LogP contribution is -1.97. The lowest BCUT2D eigenvalue weighted by atomic mass is 9.98. The Bertz CT molecular complexity index is 520. The van der Waals surface area contributed by atoms with Gasteiger partial charge in [-0.1, -0.05) is 37.3 Å². The Kier molecular flexibility index (Phi) is 3.77. The second kappa shape index (κ2) is 5.49. The highest BCUT2D eigenvalue weighted by molar-refractivity contribution is 5.85. The van der Waals surface area contributed by atoms with E-state index < -0.39 is 5.97 Å². The molecule has 0 aliphatic rings. The van der Waals surface area contributed by atoms with Crippen LogP contribution in [-0.2, 0) is 6.42 Å². The van der Waals surface area contributed by atoms with Crippen LogP contribution in [-0.4, -0.2) is 21.3 Å². The van der Waals surface area contributed by atoms with E-state index in [0.29, 0.717) is 0 Å². The fraction of sp³-hybridized carbons (Fsp3) is 0.286. The Balaban J connectivity index is 1.95. The summed E-state index contributed by atoms with van der Waals surface area (Å²) >= 11 is 0. The molecule has 0 amide bonds. The number of hydrogen-bond donors (Lipinski definition) is 2. The predicted octanol–water partition coefficient (Wildman–Crippen LogP) is 2.84. The van der Waals surface area contributed by atoms with E-state index in [4.69, 9.17) is 5.11 Å². The van der Waals surface area contributed by atoms with Crippen molar-refractivity contribution in [1.82, 2.24) is 10.2 Å². The largest absolute Gasteiger partial charge is 0.476 e. The molecule has 1 unspecified atom stereocenters. The molecule has 0 fully saturated rings. The van der Waals surface area contributed by atoms with Gasteiger partial charge in [0, 0.05) is 5.69 Å². The summed E-state index contributed by atoms with van der Waals surface area (Å²) in [5.74, 6) is -0.724. The van der Waals surface area contributed by atoms with E-state index in [0.717, 1.165) is 18.5 Å². The molecule has 18 heavy (non-hydrogen) atoms. The fourth-order valence-corrected chi connectivity index (χ4v) is 1.88. The standard InChI is InChI=1S/C14H16N2O2/c1-10(7-8-11-5-3-2-4-6-11)12-9-13(14(17)18)16-15-12/h2-6,9-10H,7-8H2,1H3,(H,15,16)(H,17,18). The fourth-order valence-electron chi connectivity index (χ4n) is 1.88. The van der Waals surface area contributed by atoms with Crippen molar-refractivity contribution in [3.05, 3.63) is 53.3 Å². The number of aromatic carboxylic acids is 1. The number of aryl methyl sites for hydroxylation is 1. The van der Waals surface area contributed by atoms with Crippen LogP contribution in [0.2, 0.25) is 0 Å². The first-order valence-electron chi connectivity index (χ1n) is 5.99. The molecule has 94 valence electrons. The molecule has 2 rings (SSSR count). The molecular formula is C14H16N2O2. The summed E-state index contributed by atoms with van der Waals surface area (Å²) in [6, 6.07) is 11.9. The van der Waals surface area contributed by atoms with Crippen molar-refractivity contribution < 1.29 is 9.90 Å². The molecule has 0 aliphatic carbocycles. The van der Waals surface area contributed by atoms with Crippen LogP contribution >= 0.6 is 0 Å². The average Bonchev–Trinajstić information content (AvgIpc) is 2.87. The topological polar surface area (TPSA) is 66.0 Å². The maximum absolute atomic E-state index is 10.7. The Morgan fingerprint density at radius 1 is 1.39 bits per heavy atom. The molecule has 0 radical (unpaired) electrons.